The van der Waals surface area contributed by atoms with Crippen molar-refractivity contribution in [1.82, 2.24) is 19.4 Å². The lowest BCUT2D eigenvalue weighted by atomic mass is 10.2. The first-order valence-corrected chi connectivity index (χ1v) is 7.69. The smallest absolute Gasteiger partial charge is 0.324 e. The van der Waals surface area contributed by atoms with E-state index in [0.717, 1.165) is 23.3 Å². The fraction of sp³-hybridized carbons (Fsp3) is 0.0556. The maximum Gasteiger partial charge on any atom is 0.416 e. The van der Waals surface area contributed by atoms with E-state index in [0.29, 0.717) is 5.69 Å². The summed E-state index contributed by atoms with van der Waals surface area (Å²) in [4.78, 5) is 12.6. The van der Waals surface area contributed by atoms with E-state index < -0.39 is 11.7 Å². The Bertz CT molecular complexity index is 1070. The minimum atomic E-state index is -4.40. The Balaban J connectivity index is 1.64. The van der Waals surface area contributed by atoms with Gasteiger partial charge in [-0.25, -0.2) is 15.0 Å². The molecule has 1 N–H and O–H groups in total. The monoisotopic (exact) mass is 355 g/mol. The van der Waals surface area contributed by atoms with Crippen LogP contribution in [-0.2, 0) is 6.18 Å². The minimum absolute atomic E-state index is 0.215. The van der Waals surface area contributed by atoms with E-state index in [4.69, 9.17) is 0 Å². The molecule has 5 nitrogen and oxygen atoms in total. The van der Waals surface area contributed by atoms with E-state index in [1.165, 1.54) is 12.1 Å². The number of pyridine rings is 1. The molecule has 3 heterocycles. The molecule has 26 heavy (non-hydrogen) atoms. The molecule has 3 aromatic heterocycles. The van der Waals surface area contributed by atoms with Crippen LogP contribution in [0.2, 0.25) is 0 Å². The summed E-state index contributed by atoms with van der Waals surface area (Å²) >= 11 is 0. The molecule has 0 aliphatic carbocycles. The average molecular weight is 355 g/mol. The third-order valence-corrected chi connectivity index (χ3v) is 3.79. The molecule has 0 amide bonds. The number of hydrogen-bond donors (Lipinski definition) is 1. The summed E-state index contributed by atoms with van der Waals surface area (Å²) in [5.74, 6) is 0.215. The second kappa shape index (κ2) is 6.14. The zero-order chi connectivity index (χ0) is 18.1. The van der Waals surface area contributed by atoms with Crippen molar-refractivity contribution >= 4 is 17.3 Å². The van der Waals surface area contributed by atoms with Crippen LogP contribution >= 0.6 is 0 Å². The van der Waals surface area contributed by atoms with Gasteiger partial charge in [0.15, 0.2) is 0 Å². The number of imidazole rings is 1. The number of aromatic nitrogens is 4. The number of nitrogens with one attached hydrogen (secondary N) is 1. The third-order valence-electron chi connectivity index (χ3n) is 3.79. The summed E-state index contributed by atoms with van der Waals surface area (Å²) in [6.07, 6.45) is 2.54. The quantitative estimate of drug-likeness (QED) is 0.586. The van der Waals surface area contributed by atoms with Crippen molar-refractivity contribution in [2.75, 3.05) is 5.32 Å². The first kappa shape index (κ1) is 16.1. The molecular formula is C18H12F3N5. The number of benzene rings is 1. The number of hydrogen-bond acceptors (Lipinski definition) is 4. The van der Waals surface area contributed by atoms with E-state index in [2.05, 4.69) is 20.3 Å². The molecule has 0 radical (unpaired) electrons. The van der Waals surface area contributed by atoms with Gasteiger partial charge in [-0.05, 0) is 36.4 Å². The van der Waals surface area contributed by atoms with Crippen LogP contribution in [-0.4, -0.2) is 19.4 Å². The zero-order valence-electron chi connectivity index (χ0n) is 13.3. The maximum atomic E-state index is 12.8. The summed E-state index contributed by atoms with van der Waals surface area (Å²) < 4.78 is 40.3. The lowest BCUT2D eigenvalue weighted by molar-refractivity contribution is -0.137. The average Bonchev–Trinajstić information content (AvgIpc) is 3.09. The number of anilines is 2. The molecule has 0 aliphatic heterocycles. The van der Waals surface area contributed by atoms with Crippen LogP contribution in [0.4, 0.5) is 24.8 Å². The van der Waals surface area contributed by atoms with Gasteiger partial charge in [-0.2, -0.15) is 13.2 Å². The van der Waals surface area contributed by atoms with Crippen molar-refractivity contribution in [2.45, 2.75) is 6.18 Å². The van der Waals surface area contributed by atoms with E-state index in [-0.39, 0.29) is 11.6 Å². The highest BCUT2D eigenvalue weighted by molar-refractivity contribution is 5.63. The van der Waals surface area contributed by atoms with Gasteiger partial charge in [-0.15, -0.1) is 0 Å². The summed E-state index contributed by atoms with van der Waals surface area (Å²) in [6.45, 7) is 0. The summed E-state index contributed by atoms with van der Waals surface area (Å²) in [5.41, 5.74) is 1.83. The van der Waals surface area contributed by atoms with E-state index >= 15 is 0 Å². The van der Waals surface area contributed by atoms with Crippen LogP contribution in [0, 0.1) is 0 Å². The Labute approximate surface area is 146 Å². The van der Waals surface area contributed by atoms with Crippen LogP contribution in [0.5, 0.6) is 0 Å². The second-order valence-electron chi connectivity index (χ2n) is 5.58. The van der Waals surface area contributed by atoms with Gasteiger partial charge in [0.25, 0.3) is 0 Å². The van der Waals surface area contributed by atoms with Crippen molar-refractivity contribution in [3.63, 3.8) is 0 Å². The third kappa shape index (κ3) is 3.21. The molecule has 4 aromatic rings. The van der Waals surface area contributed by atoms with Gasteiger partial charge in [-0.1, -0.05) is 6.07 Å². The fourth-order valence-electron chi connectivity index (χ4n) is 2.55. The highest BCUT2D eigenvalue weighted by Gasteiger charge is 2.30. The van der Waals surface area contributed by atoms with Crippen molar-refractivity contribution in [2.24, 2.45) is 0 Å². The van der Waals surface area contributed by atoms with E-state index in [9.17, 15) is 13.2 Å². The first-order valence-electron chi connectivity index (χ1n) is 7.69. The maximum absolute atomic E-state index is 12.8. The molecule has 1 aromatic carbocycles. The van der Waals surface area contributed by atoms with Gasteiger partial charge >= 0.3 is 6.18 Å². The Hall–Kier alpha value is -3.42. The van der Waals surface area contributed by atoms with Gasteiger partial charge < -0.3 is 9.72 Å². The van der Waals surface area contributed by atoms with Crippen LogP contribution < -0.4 is 5.32 Å². The lowest BCUT2D eigenvalue weighted by Gasteiger charge is -2.10. The Morgan fingerprint density at radius 2 is 1.85 bits per heavy atom. The van der Waals surface area contributed by atoms with Crippen LogP contribution in [0.25, 0.3) is 16.9 Å². The molecule has 8 heteroatoms. The molecule has 0 aliphatic rings. The van der Waals surface area contributed by atoms with Crippen LogP contribution in [0.15, 0.2) is 67.3 Å². The molecule has 0 unspecified atom stereocenters. The Morgan fingerprint density at radius 1 is 0.962 bits per heavy atom. The first-order chi connectivity index (χ1) is 12.5. The largest absolute Gasteiger partial charge is 0.416 e. The van der Waals surface area contributed by atoms with E-state index in [1.807, 2.05) is 28.9 Å². The molecule has 0 bridgehead atoms. The highest BCUT2D eigenvalue weighted by Crippen LogP contribution is 2.31. The Kier molecular flexibility index (Phi) is 3.80. The topological polar surface area (TPSA) is 55.1 Å². The number of nitrogens with zero attached hydrogens (tertiary/aromatic N) is 4. The molecule has 0 spiro atoms. The number of rotatable bonds is 3. The number of fused-ring (bicyclic) bond motifs is 1. The summed E-state index contributed by atoms with van der Waals surface area (Å²) in [5, 5.41) is 2.82. The lowest BCUT2D eigenvalue weighted by Crippen LogP contribution is -2.05. The molecule has 0 saturated heterocycles. The van der Waals surface area contributed by atoms with Gasteiger partial charge in [0.2, 0.25) is 5.95 Å². The minimum Gasteiger partial charge on any atom is -0.324 e. The standard InChI is InChI=1S/C18H12F3N5/c19-18(20,21)13-2-1-3-14(10-13)24-17-23-7-6-15(25-17)12-4-5-16-22-8-9-26(16)11-12/h1-11H,(H,23,24,25). The van der Waals surface area contributed by atoms with Crippen molar-refractivity contribution < 1.29 is 13.2 Å². The van der Waals surface area contributed by atoms with Gasteiger partial charge in [-0.3, -0.25) is 0 Å². The summed E-state index contributed by atoms with van der Waals surface area (Å²) in [6, 6.07) is 10.4. The predicted molar refractivity (Wildman–Crippen MR) is 90.9 cm³/mol. The molecule has 0 saturated carbocycles. The fourth-order valence-corrected chi connectivity index (χ4v) is 2.55. The van der Waals surface area contributed by atoms with Crippen LogP contribution in [0.1, 0.15) is 5.56 Å². The van der Waals surface area contributed by atoms with Gasteiger partial charge in [0.1, 0.15) is 5.65 Å². The SMILES string of the molecule is FC(F)(F)c1cccc(Nc2nccc(-c3ccc4nccn4c3)n2)c1. The Morgan fingerprint density at radius 3 is 2.69 bits per heavy atom. The van der Waals surface area contributed by atoms with Gasteiger partial charge in [0, 0.05) is 36.0 Å². The molecular weight excluding hydrogens is 343 g/mol. The predicted octanol–water partition coefficient (Wildman–Crippen LogP) is 4.55. The van der Waals surface area contributed by atoms with Crippen molar-refractivity contribution in [3.8, 4) is 11.3 Å². The van der Waals surface area contributed by atoms with Gasteiger partial charge in [0.05, 0.1) is 11.3 Å². The molecule has 130 valence electrons. The normalized spacial score (nSPS) is 11.7. The molecule has 4 rings (SSSR count). The van der Waals surface area contributed by atoms with Crippen molar-refractivity contribution in [3.05, 3.63) is 72.8 Å². The number of halogens is 3. The van der Waals surface area contributed by atoms with Crippen molar-refractivity contribution in [1.29, 1.82) is 0 Å². The van der Waals surface area contributed by atoms with Crippen LogP contribution in [0.3, 0.4) is 0 Å². The molecule has 0 fully saturated rings. The molecule has 0 atom stereocenters. The zero-order valence-corrected chi connectivity index (χ0v) is 13.3. The van der Waals surface area contributed by atoms with E-state index in [1.54, 1.807) is 18.5 Å². The highest BCUT2D eigenvalue weighted by atomic mass is 19.4. The number of alkyl halides is 3. The second-order valence-corrected chi connectivity index (χ2v) is 5.58. The summed E-state index contributed by atoms with van der Waals surface area (Å²) in [7, 11) is 0.